The highest BCUT2D eigenvalue weighted by molar-refractivity contribution is 7.99. The molecule has 0 fully saturated rings. The average molecular weight is 322 g/mol. The number of rotatable bonds is 7. The first-order chi connectivity index (χ1) is 8.89. The molecule has 19 heavy (non-hydrogen) atoms. The molecule has 0 spiro atoms. The van der Waals surface area contributed by atoms with Crippen LogP contribution in [0.15, 0.2) is 23.1 Å². The molecule has 0 radical (unpaired) electrons. The molecule has 3 nitrogen and oxygen atoms in total. The topological polar surface area (TPSA) is 49.3 Å². The van der Waals surface area contributed by atoms with Crippen LogP contribution in [0.1, 0.15) is 20.3 Å². The van der Waals surface area contributed by atoms with E-state index in [1.54, 1.807) is 30.8 Å². The van der Waals surface area contributed by atoms with E-state index in [9.17, 15) is 9.90 Å². The maximum Gasteiger partial charge on any atom is 0.323 e. The van der Waals surface area contributed by atoms with E-state index in [1.165, 1.54) is 0 Å². The zero-order chi connectivity index (χ0) is 14.5. The highest BCUT2D eigenvalue weighted by Gasteiger charge is 2.31. The number of hydrogen-bond acceptors (Lipinski definition) is 3. The van der Waals surface area contributed by atoms with Crippen LogP contribution in [0.2, 0.25) is 10.0 Å². The normalized spacial score (nSPS) is 14.1. The molecular weight excluding hydrogens is 305 g/mol. The van der Waals surface area contributed by atoms with Gasteiger partial charge in [0.15, 0.2) is 0 Å². The molecular formula is C13H17Cl2NO2S. The second kappa shape index (κ2) is 7.39. The van der Waals surface area contributed by atoms with Gasteiger partial charge in [0, 0.05) is 10.6 Å². The molecule has 0 aliphatic carbocycles. The predicted octanol–water partition coefficient (Wildman–Crippen LogP) is 3.93. The first-order valence-electron chi connectivity index (χ1n) is 5.95. The summed E-state index contributed by atoms with van der Waals surface area (Å²) in [4.78, 5) is 12.2. The van der Waals surface area contributed by atoms with Crippen LogP contribution in [0.25, 0.3) is 0 Å². The fourth-order valence-electron chi connectivity index (χ4n) is 1.60. The molecule has 0 saturated carbocycles. The van der Waals surface area contributed by atoms with Gasteiger partial charge in [-0.1, -0.05) is 30.1 Å². The van der Waals surface area contributed by atoms with Gasteiger partial charge < -0.3 is 10.4 Å². The highest BCUT2D eigenvalue weighted by atomic mass is 35.5. The number of thioether (sulfide) groups is 1. The lowest BCUT2D eigenvalue weighted by Crippen LogP contribution is -2.49. The van der Waals surface area contributed by atoms with E-state index < -0.39 is 11.5 Å². The van der Waals surface area contributed by atoms with E-state index in [0.717, 1.165) is 4.90 Å². The lowest BCUT2D eigenvalue weighted by Gasteiger charge is -2.25. The molecule has 2 N–H and O–H groups in total. The summed E-state index contributed by atoms with van der Waals surface area (Å²) < 4.78 is 0. The minimum atomic E-state index is -0.891. The second-order valence-electron chi connectivity index (χ2n) is 4.34. The van der Waals surface area contributed by atoms with Crippen molar-refractivity contribution in [3.63, 3.8) is 0 Å². The zero-order valence-corrected chi connectivity index (χ0v) is 13.2. The summed E-state index contributed by atoms with van der Waals surface area (Å²) in [6, 6.07) is 5.41. The Morgan fingerprint density at radius 2 is 2.11 bits per heavy atom. The summed E-state index contributed by atoms with van der Waals surface area (Å²) in [6.07, 6.45) is 0.529. The van der Waals surface area contributed by atoms with Gasteiger partial charge in [0.05, 0.1) is 10.0 Å². The maximum absolute atomic E-state index is 11.2. The van der Waals surface area contributed by atoms with Crippen LogP contribution in [0.4, 0.5) is 0 Å². The van der Waals surface area contributed by atoms with Crippen molar-refractivity contribution in [1.82, 2.24) is 5.32 Å². The van der Waals surface area contributed by atoms with E-state index in [1.807, 2.05) is 13.0 Å². The number of likely N-dealkylation sites (N-methyl/N-ethyl adjacent to an activating group) is 1. The van der Waals surface area contributed by atoms with Crippen LogP contribution in [-0.2, 0) is 4.79 Å². The van der Waals surface area contributed by atoms with Gasteiger partial charge in [0.1, 0.15) is 5.54 Å². The molecule has 1 aromatic carbocycles. The fourth-order valence-corrected chi connectivity index (χ4v) is 3.07. The van der Waals surface area contributed by atoms with Crippen LogP contribution < -0.4 is 5.32 Å². The first-order valence-corrected chi connectivity index (χ1v) is 7.69. The SMILES string of the molecule is CCNC(C)(CCSc1ccc(Cl)c(Cl)c1)C(=O)O. The van der Waals surface area contributed by atoms with E-state index in [2.05, 4.69) is 5.32 Å². The Labute approximate surface area is 127 Å². The number of hydrogen-bond donors (Lipinski definition) is 2. The van der Waals surface area contributed by atoms with E-state index in [0.29, 0.717) is 28.8 Å². The molecule has 6 heteroatoms. The van der Waals surface area contributed by atoms with Crippen LogP contribution in [0.3, 0.4) is 0 Å². The molecule has 0 aromatic heterocycles. The van der Waals surface area contributed by atoms with Gasteiger partial charge in [-0.3, -0.25) is 4.79 Å². The third kappa shape index (κ3) is 4.88. The summed E-state index contributed by atoms with van der Waals surface area (Å²) >= 11 is 13.3. The third-order valence-corrected chi connectivity index (χ3v) is 4.54. The average Bonchev–Trinajstić information content (AvgIpc) is 2.34. The van der Waals surface area contributed by atoms with Crippen LogP contribution in [0.5, 0.6) is 0 Å². The smallest absolute Gasteiger partial charge is 0.323 e. The molecule has 0 aliphatic heterocycles. The molecule has 1 atom stereocenters. The van der Waals surface area contributed by atoms with Crippen LogP contribution >= 0.6 is 35.0 Å². The zero-order valence-electron chi connectivity index (χ0n) is 10.9. The summed E-state index contributed by atoms with van der Waals surface area (Å²) in [6.45, 7) is 4.22. The predicted molar refractivity (Wildman–Crippen MR) is 81.5 cm³/mol. The molecule has 0 heterocycles. The monoisotopic (exact) mass is 321 g/mol. The van der Waals surface area contributed by atoms with Gasteiger partial charge in [0.2, 0.25) is 0 Å². The lowest BCUT2D eigenvalue weighted by atomic mass is 9.99. The molecule has 1 aromatic rings. The van der Waals surface area contributed by atoms with Crippen LogP contribution in [-0.4, -0.2) is 28.9 Å². The van der Waals surface area contributed by atoms with Gasteiger partial charge >= 0.3 is 5.97 Å². The maximum atomic E-state index is 11.2. The van der Waals surface area contributed by atoms with Crippen molar-refractivity contribution in [2.45, 2.75) is 30.7 Å². The van der Waals surface area contributed by atoms with Crippen molar-refractivity contribution < 1.29 is 9.90 Å². The number of halogens is 2. The molecule has 0 amide bonds. The summed E-state index contributed by atoms with van der Waals surface area (Å²) in [7, 11) is 0. The van der Waals surface area contributed by atoms with Crippen molar-refractivity contribution in [2.75, 3.05) is 12.3 Å². The van der Waals surface area contributed by atoms with Crippen molar-refractivity contribution in [3.05, 3.63) is 28.2 Å². The highest BCUT2D eigenvalue weighted by Crippen LogP contribution is 2.29. The summed E-state index contributed by atoms with van der Waals surface area (Å²) in [5.41, 5.74) is -0.891. The Hall–Kier alpha value is -0.420. The minimum Gasteiger partial charge on any atom is -0.480 e. The summed E-state index contributed by atoms with van der Waals surface area (Å²) in [5, 5.41) is 13.3. The van der Waals surface area contributed by atoms with E-state index >= 15 is 0 Å². The Morgan fingerprint density at radius 1 is 1.42 bits per heavy atom. The number of nitrogens with one attached hydrogen (secondary N) is 1. The Kier molecular flexibility index (Phi) is 6.47. The number of carboxylic acids is 1. The quantitative estimate of drug-likeness (QED) is 0.747. The number of carbonyl (C=O) groups is 1. The van der Waals surface area contributed by atoms with E-state index in [4.69, 9.17) is 23.2 Å². The van der Waals surface area contributed by atoms with Crippen molar-refractivity contribution >= 4 is 40.9 Å². The van der Waals surface area contributed by atoms with Gasteiger partial charge in [-0.15, -0.1) is 11.8 Å². The molecule has 1 rings (SSSR count). The second-order valence-corrected chi connectivity index (χ2v) is 6.32. The van der Waals surface area contributed by atoms with Crippen molar-refractivity contribution in [3.8, 4) is 0 Å². The van der Waals surface area contributed by atoms with Gasteiger partial charge in [-0.2, -0.15) is 0 Å². The van der Waals surface area contributed by atoms with Gasteiger partial charge in [-0.05, 0) is 38.1 Å². The molecule has 1 unspecified atom stereocenters. The summed E-state index contributed by atoms with van der Waals surface area (Å²) in [5.74, 6) is -0.141. The Morgan fingerprint density at radius 3 is 2.63 bits per heavy atom. The largest absolute Gasteiger partial charge is 0.480 e. The van der Waals surface area contributed by atoms with Crippen LogP contribution in [0, 0.1) is 0 Å². The molecule has 0 bridgehead atoms. The fraction of sp³-hybridized carbons (Fsp3) is 0.462. The Balaban J connectivity index is 2.57. The standard InChI is InChI=1S/C13H17Cl2NO2S/c1-3-16-13(2,12(17)18)6-7-19-9-4-5-10(14)11(15)8-9/h4-5,8,16H,3,6-7H2,1-2H3,(H,17,18). The molecule has 0 aliphatic rings. The number of carboxylic acid groups (broad SMARTS) is 1. The molecule has 106 valence electrons. The molecule has 0 saturated heterocycles. The van der Waals surface area contributed by atoms with E-state index in [-0.39, 0.29) is 0 Å². The first kappa shape index (κ1) is 16.6. The minimum absolute atomic E-state index is 0.513. The number of benzene rings is 1. The number of aliphatic carboxylic acids is 1. The Bertz CT molecular complexity index is 456. The lowest BCUT2D eigenvalue weighted by molar-refractivity contribution is -0.144. The third-order valence-electron chi connectivity index (χ3n) is 2.80. The van der Waals surface area contributed by atoms with Crippen molar-refractivity contribution in [2.24, 2.45) is 0 Å². The van der Waals surface area contributed by atoms with Crippen molar-refractivity contribution in [1.29, 1.82) is 0 Å². The van der Waals surface area contributed by atoms with Gasteiger partial charge in [-0.25, -0.2) is 0 Å². The van der Waals surface area contributed by atoms with Gasteiger partial charge in [0.25, 0.3) is 0 Å².